The number of nitrogens with two attached hydrogens (primary N) is 2. The second kappa shape index (κ2) is 3.99. The van der Waals surface area contributed by atoms with Crippen LogP contribution in [0.25, 0.3) is 11.2 Å². The predicted molar refractivity (Wildman–Crippen MR) is 69.7 cm³/mol. The van der Waals surface area contributed by atoms with Gasteiger partial charge in [0.05, 0.1) is 12.9 Å². The molecular weight excluding hydrogens is 228 g/mol. The smallest absolute Gasteiger partial charge is 0.165 e. The third kappa shape index (κ3) is 1.73. The topological polar surface area (TPSA) is 95.6 Å². The van der Waals surface area contributed by atoms with Crippen LogP contribution in [-0.4, -0.2) is 19.5 Å². The highest BCUT2D eigenvalue weighted by Gasteiger charge is 2.07. The number of rotatable bonds is 2. The van der Waals surface area contributed by atoms with Crippen molar-refractivity contribution in [2.45, 2.75) is 6.54 Å². The fourth-order valence-corrected chi connectivity index (χ4v) is 1.90. The Morgan fingerprint density at radius 2 is 2.00 bits per heavy atom. The molecule has 0 saturated heterocycles. The molecule has 0 fully saturated rings. The van der Waals surface area contributed by atoms with Gasteiger partial charge in [-0.2, -0.15) is 0 Å². The molecule has 0 radical (unpaired) electrons. The highest BCUT2D eigenvalue weighted by Crippen LogP contribution is 2.16. The monoisotopic (exact) mass is 240 g/mol. The van der Waals surface area contributed by atoms with Gasteiger partial charge in [0.15, 0.2) is 11.5 Å². The second-order valence-electron chi connectivity index (χ2n) is 4.05. The first-order valence-corrected chi connectivity index (χ1v) is 5.50. The maximum Gasteiger partial charge on any atom is 0.165 e. The Morgan fingerprint density at radius 3 is 2.83 bits per heavy atom. The molecule has 2 aromatic heterocycles. The van der Waals surface area contributed by atoms with E-state index in [9.17, 15) is 0 Å². The minimum Gasteiger partial charge on any atom is -0.399 e. The summed E-state index contributed by atoms with van der Waals surface area (Å²) in [7, 11) is 0. The third-order valence-electron chi connectivity index (χ3n) is 2.73. The van der Waals surface area contributed by atoms with Crippen molar-refractivity contribution in [1.82, 2.24) is 19.5 Å². The van der Waals surface area contributed by atoms with Crippen LogP contribution in [0.2, 0.25) is 0 Å². The van der Waals surface area contributed by atoms with E-state index in [1.54, 1.807) is 6.33 Å². The Morgan fingerprint density at radius 1 is 1.11 bits per heavy atom. The van der Waals surface area contributed by atoms with Crippen molar-refractivity contribution < 1.29 is 0 Å². The van der Waals surface area contributed by atoms with Crippen molar-refractivity contribution in [3.05, 3.63) is 42.5 Å². The molecule has 3 rings (SSSR count). The van der Waals surface area contributed by atoms with Gasteiger partial charge in [0, 0.05) is 5.69 Å². The zero-order chi connectivity index (χ0) is 12.5. The van der Waals surface area contributed by atoms with Crippen LogP contribution in [0.4, 0.5) is 11.5 Å². The average molecular weight is 240 g/mol. The van der Waals surface area contributed by atoms with Crippen molar-refractivity contribution in [3.63, 3.8) is 0 Å². The third-order valence-corrected chi connectivity index (χ3v) is 2.73. The number of fused-ring (bicyclic) bond motifs is 1. The summed E-state index contributed by atoms with van der Waals surface area (Å²) in [5.41, 5.74) is 14.7. The van der Waals surface area contributed by atoms with E-state index in [1.165, 1.54) is 6.33 Å². The predicted octanol–water partition coefficient (Wildman–Crippen LogP) is 1.04. The highest BCUT2D eigenvalue weighted by atomic mass is 15.1. The van der Waals surface area contributed by atoms with Crippen LogP contribution in [-0.2, 0) is 6.54 Å². The first-order valence-electron chi connectivity index (χ1n) is 5.50. The Hall–Kier alpha value is -2.63. The van der Waals surface area contributed by atoms with Gasteiger partial charge in [0.1, 0.15) is 11.8 Å². The standard InChI is InChI=1S/C12H12N6/c13-9-3-1-2-8(4-9)5-18-7-17-10-11(14)15-6-16-12(10)18/h1-4,6-7H,5,13H2,(H2,14,15,16). The van der Waals surface area contributed by atoms with Crippen LogP contribution in [0, 0.1) is 0 Å². The van der Waals surface area contributed by atoms with Gasteiger partial charge in [0.25, 0.3) is 0 Å². The van der Waals surface area contributed by atoms with Gasteiger partial charge in [-0.25, -0.2) is 15.0 Å². The fraction of sp³-hybridized carbons (Fsp3) is 0.0833. The quantitative estimate of drug-likeness (QED) is 0.652. The molecule has 3 aromatic rings. The highest BCUT2D eigenvalue weighted by molar-refractivity contribution is 5.81. The van der Waals surface area contributed by atoms with Crippen LogP contribution in [0.3, 0.4) is 0 Å². The van der Waals surface area contributed by atoms with Gasteiger partial charge in [-0.05, 0) is 17.7 Å². The van der Waals surface area contributed by atoms with E-state index in [-0.39, 0.29) is 0 Å². The van der Waals surface area contributed by atoms with Crippen molar-refractivity contribution in [3.8, 4) is 0 Å². The minimum atomic E-state index is 0.395. The maximum atomic E-state index is 5.75. The summed E-state index contributed by atoms with van der Waals surface area (Å²) in [5.74, 6) is 0.395. The Balaban J connectivity index is 2.03. The lowest BCUT2D eigenvalue weighted by Crippen LogP contribution is -2.01. The molecule has 0 bridgehead atoms. The van der Waals surface area contributed by atoms with Crippen LogP contribution in [0.1, 0.15) is 5.56 Å². The molecule has 0 unspecified atom stereocenters. The molecule has 2 heterocycles. The number of aromatic nitrogens is 4. The van der Waals surface area contributed by atoms with E-state index in [2.05, 4.69) is 15.0 Å². The molecule has 0 aliphatic heterocycles. The molecule has 6 heteroatoms. The number of hydrogen-bond donors (Lipinski definition) is 2. The molecule has 4 N–H and O–H groups in total. The molecule has 6 nitrogen and oxygen atoms in total. The van der Waals surface area contributed by atoms with Crippen LogP contribution >= 0.6 is 0 Å². The largest absolute Gasteiger partial charge is 0.399 e. The number of hydrogen-bond acceptors (Lipinski definition) is 5. The molecule has 0 spiro atoms. The summed E-state index contributed by atoms with van der Waals surface area (Å²) in [6.07, 6.45) is 3.15. The van der Waals surface area contributed by atoms with Gasteiger partial charge in [0.2, 0.25) is 0 Å². The normalized spacial score (nSPS) is 10.9. The zero-order valence-electron chi connectivity index (χ0n) is 9.61. The summed E-state index contributed by atoms with van der Waals surface area (Å²) in [4.78, 5) is 12.3. The second-order valence-corrected chi connectivity index (χ2v) is 4.05. The number of benzene rings is 1. The van der Waals surface area contributed by atoms with Crippen molar-refractivity contribution in [1.29, 1.82) is 0 Å². The number of imidazole rings is 1. The molecule has 18 heavy (non-hydrogen) atoms. The van der Waals surface area contributed by atoms with Crippen LogP contribution in [0.15, 0.2) is 36.9 Å². The van der Waals surface area contributed by atoms with Gasteiger partial charge in [-0.3, -0.25) is 0 Å². The summed E-state index contributed by atoms with van der Waals surface area (Å²) in [6, 6.07) is 7.71. The van der Waals surface area contributed by atoms with Gasteiger partial charge >= 0.3 is 0 Å². The minimum absolute atomic E-state index is 0.395. The Kier molecular flexibility index (Phi) is 2.33. The molecule has 0 amide bonds. The van der Waals surface area contributed by atoms with Crippen molar-refractivity contribution >= 4 is 22.7 Å². The molecule has 0 atom stereocenters. The van der Waals surface area contributed by atoms with E-state index in [0.29, 0.717) is 17.9 Å². The maximum absolute atomic E-state index is 5.75. The van der Waals surface area contributed by atoms with E-state index in [4.69, 9.17) is 11.5 Å². The summed E-state index contributed by atoms with van der Waals surface area (Å²) in [5, 5.41) is 0. The number of anilines is 2. The van der Waals surface area contributed by atoms with Crippen molar-refractivity contribution in [2.24, 2.45) is 0 Å². The fourth-order valence-electron chi connectivity index (χ4n) is 1.90. The molecular formula is C12H12N6. The van der Waals surface area contributed by atoms with Crippen LogP contribution < -0.4 is 11.5 Å². The lowest BCUT2D eigenvalue weighted by Gasteiger charge is -2.04. The number of nitrogens with zero attached hydrogens (tertiary/aromatic N) is 4. The number of nitrogen functional groups attached to an aromatic ring is 2. The Bertz CT molecular complexity index is 703. The van der Waals surface area contributed by atoms with E-state index < -0.39 is 0 Å². The van der Waals surface area contributed by atoms with Crippen molar-refractivity contribution in [2.75, 3.05) is 11.5 Å². The SMILES string of the molecule is Nc1cccc(Cn2cnc3c(N)ncnc32)c1. The van der Waals surface area contributed by atoms with Gasteiger partial charge in [-0.15, -0.1) is 0 Å². The van der Waals surface area contributed by atoms with Gasteiger partial charge < -0.3 is 16.0 Å². The van der Waals surface area contributed by atoms with Crippen LogP contribution in [0.5, 0.6) is 0 Å². The van der Waals surface area contributed by atoms with E-state index in [1.807, 2.05) is 28.8 Å². The summed E-state index contributed by atoms with van der Waals surface area (Å²) in [6.45, 7) is 0.651. The molecule has 0 aliphatic carbocycles. The summed E-state index contributed by atoms with van der Waals surface area (Å²) < 4.78 is 1.92. The molecule has 90 valence electrons. The van der Waals surface area contributed by atoms with E-state index >= 15 is 0 Å². The molecule has 0 aliphatic rings. The average Bonchev–Trinajstić information content (AvgIpc) is 2.74. The van der Waals surface area contributed by atoms with E-state index in [0.717, 1.165) is 16.9 Å². The first-order chi connectivity index (χ1) is 8.74. The Labute approximate surface area is 103 Å². The zero-order valence-corrected chi connectivity index (χ0v) is 9.61. The molecule has 0 saturated carbocycles. The first kappa shape index (κ1) is 10.5. The lowest BCUT2D eigenvalue weighted by molar-refractivity contribution is 0.813. The lowest BCUT2D eigenvalue weighted by atomic mass is 10.2. The molecule has 1 aromatic carbocycles. The van der Waals surface area contributed by atoms with Gasteiger partial charge in [-0.1, -0.05) is 12.1 Å². The summed E-state index contributed by atoms with van der Waals surface area (Å²) >= 11 is 0.